The first-order chi connectivity index (χ1) is 9.35. The van der Waals surface area contributed by atoms with Crippen molar-refractivity contribution in [2.45, 2.75) is 18.9 Å². The Balaban J connectivity index is 2.03. The van der Waals surface area contributed by atoms with Crippen LogP contribution in [0.2, 0.25) is 0 Å². The van der Waals surface area contributed by atoms with Gasteiger partial charge in [-0.1, -0.05) is 12.1 Å². The fourth-order valence-electron chi connectivity index (χ4n) is 2.35. The van der Waals surface area contributed by atoms with Crippen molar-refractivity contribution in [1.29, 1.82) is 0 Å². The van der Waals surface area contributed by atoms with Crippen LogP contribution in [0.4, 0.5) is 0 Å². The van der Waals surface area contributed by atoms with Crippen molar-refractivity contribution in [1.82, 2.24) is 4.31 Å². The molecule has 1 aromatic carbocycles. The van der Waals surface area contributed by atoms with Crippen molar-refractivity contribution in [2.24, 2.45) is 0 Å². The molecule has 2 rings (SSSR count). The Kier molecular flexibility index (Phi) is 4.36. The summed E-state index contributed by atoms with van der Waals surface area (Å²) in [6.07, 6.45) is 1.86. The van der Waals surface area contributed by atoms with E-state index in [1.807, 2.05) is 31.2 Å². The van der Waals surface area contributed by atoms with Crippen LogP contribution in [0.3, 0.4) is 0 Å². The second-order valence-corrected chi connectivity index (χ2v) is 7.32. The van der Waals surface area contributed by atoms with Gasteiger partial charge in [-0.15, -0.1) is 0 Å². The molecule has 1 aromatic rings. The first kappa shape index (κ1) is 15.3. The molecule has 1 atom stereocenters. The third-order valence-corrected chi connectivity index (χ3v) is 4.92. The van der Waals surface area contributed by atoms with Crippen molar-refractivity contribution in [3.63, 3.8) is 0 Å². The highest BCUT2D eigenvalue weighted by Gasteiger charge is 2.42. The molecule has 1 aliphatic heterocycles. The van der Waals surface area contributed by atoms with E-state index in [1.165, 1.54) is 10.6 Å². The molecule has 5 nitrogen and oxygen atoms in total. The zero-order valence-electron chi connectivity index (χ0n) is 12.1. The normalized spacial score (nSPS) is 23.9. The second-order valence-electron chi connectivity index (χ2n) is 5.34. The summed E-state index contributed by atoms with van der Waals surface area (Å²) < 4.78 is 35.9. The summed E-state index contributed by atoms with van der Waals surface area (Å²) in [4.78, 5) is 0. The molecule has 0 aliphatic carbocycles. The van der Waals surface area contributed by atoms with Gasteiger partial charge in [0.15, 0.2) is 0 Å². The van der Waals surface area contributed by atoms with E-state index < -0.39 is 15.6 Å². The minimum absolute atomic E-state index is 0.341. The van der Waals surface area contributed by atoms with E-state index in [-0.39, 0.29) is 0 Å². The van der Waals surface area contributed by atoms with E-state index in [1.54, 1.807) is 7.11 Å². The minimum atomic E-state index is -3.18. The lowest BCUT2D eigenvalue weighted by atomic mass is 10.1. The molecular weight excluding hydrogens is 278 g/mol. The Morgan fingerprint density at radius 1 is 1.40 bits per heavy atom. The maximum atomic E-state index is 11.6. The molecule has 1 aliphatic rings. The van der Waals surface area contributed by atoms with Crippen molar-refractivity contribution in [3.8, 4) is 5.75 Å². The van der Waals surface area contributed by atoms with E-state index in [9.17, 15) is 8.42 Å². The SMILES string of the molecule is CO[C@]1(COc2cccc(C)c2)CCN(S(C)(=O)=O)C1. The molecule has 0 radical (unpaired) electrons. The summed E-state index contributed by atoms with van der Waals surface area (Å²) in [6.45, 7) is 3.16. The molecule has 1 fully saturated rings. The van der Waals surface area contributed by atoms with Crippen LogP contribution in [-0.4, -0.2) is 51.4 Å². The zero-order valence-corrected chi connectivity index (χ0v) is 12.9. The number of benzene rings is 1. The molecule has 20 heavy (non-hydrogen) atoms. The van der Waals surface area contributed by atoms with Gasteiger partial charge in [-0.05, 0) is 31.0 Å². The summed E-state index contributed by atoms with van der Waals surface area (Å²) in [5.74, 6) is 0.777. The number of methoxy groups -OCH3 is 1. The largest absolute Gasteiger partial charge is 0.491 e. The van der Waals surface area contributed by atoms with Gasteiger partial charge in [-0.3, -0.25) is 0 Å². The van der Waals surface area contributed by atoms with Crippen LogP contribution in [0.1, 0.15) is 12.0 Å². The number of hydrogen-bond acceptors (Lipinski definition) is 4. The van der Waals surface area contributed by atoms with Gasteiger partial charge in [0.05, 0.1) is 6.26 Å². The molecule has 0 N–H and O–H groups in total. The van der Waals surface area contributed by atoms with Crippen LogP contribution in [0, 0.1) is 6.92 Å². The standard InChI is InChI=1S/C14H21NO4S/c1-12-5-4-6-13(9-12)19-11-14(18-2)7-8-15(10-14)20(3,16)17/h4-6,9H,7-8,10-11H2,1-3H3/t14-/m1/s1. The summed E-state index contributed by atoms with van der Waals surface area (Å²) in [5.41, 5.74) is 0.561. The number of sulfonamides is 1. The predicted octanol–water partition coefficient (Wildman–Crippen LogP) is 1.42. The number of nitrogens with zero attached hydrogens (tertiary/aromatic N) is 1. The Hall–Kier alpha value is -1.11. The highest BCUT2D eigenvalue weighted by molar-refractivity contribution is 7.88. The third kappa shape index (κ3) is 3.50. The fraction of sp³-hybridized carbons (Fsp3) is 0.571. The summed E-state index contributed by atoms with van der Waals surface area (Å²) in [5, 5.41) is 0. The Labute approximate surface area is 120 Å². The van der Waals surface area contributed by atoms with Crippen molar-refractivity contribution >= 4 is 10.0 Å². The van der Waals surface area contributed by atoms with Gasteiger partial charge in [0.2, 0.25) is 10.0 Å². The van der Waals surface area contributed by atoms with Crippen LogP contribution in [0.25, 0.3) is 0 Å². The van der Waals surface area contributed by atoms with Gasteiger partial charge in [0, 0.05) is 20.2 Å². The van der Waals surface area contributed by atoms with Crippen LogP contribution in [-0.2, 0) is 14.8 Å². The predicted molar refractivity (Wildman–Crippen MR) is 77.4 cm³/mol. The fourth-order valence-corrected chi connectivity index (χ4v) is 3.25. The maximum absolute atomic E-state index is 11.6. The van der Waals surface area contributed by atoms with Gasteiger partial charge in [0.25, 0.3) is 0 Å². The molecule has 112 valence electrons. The number of rotatable bonds is 5. The first-order valence-corrected chi connectivity index (χ1v) is 8.39. The average Bonchev–Trinajstić information content (AvgIpc) is 2.82. The Morgan fingerprint density at radius 3 is 2.70 bits per heavy atom. The first-order valence-electron chi connectivity index (χ1n) is 6.54. The van der Waals surface area contributed by atoms with Crippen LogP contribution in [0.5, 0.6) is 5.75 Å². The monoisotopic (exact) mass is 299 g/mol. The number of hydrogen-bond donors (Lipinski definition) is 0. The third-order valence-electron chi connectivity index (χ3n) is 3.67. The van der Waals surface area contributed by atoms with Gasteiger partial charge in [-0.2, -0.15) is 4.31 Å². The van der Waals surface area contributed by atoms with Gasteiger partial charge >= 0.3 is 0 Å². The van der Waals surface area contributed by atoms with Crippen LogP contribution in [0.15, 0.2) is 24.3 Å². The van der Waals surface area contributed by atoms with Crippen molar-refractivity contribution < 1.29 is 17.9 Å². The zero-order chi connectivity index (χ0) is 14.8. The van der Waals surface area contributed by atoms with Gasteiger partial charge < -0.3 is 9.47 Å². The molecule has 0 unspecified atom stereocenters. The van der Waals surface area contributed by atoms with E-state index in [4.69, 9.17) is 9.47 Å². The molecule has 0 aromatic heterocycles. The van der Waals surface area contributed by atoms with E-state index in [0.29, 0.717) is 26.1 Å². The number of ether oxygens (including phenoxy) is 2. The van der Waals surface area contributed by atoms with Crippen molar-refractivity contribution in [2.75, 3.05) is 33.1 Å². The molecule has 1 saturated heterocycles. The lowest BCUT2D eigenvalue weighted by molar-refractivity contribution is -0.0317. The van der Waals surface area contributed by atoms with Gasteiger partial charge in [-0.25, -0.2) is 8.42 Å². The molecular formula is C14H21NO4S. The Bertz CT molecular complexity index is 572. The summed E-state index contributed by atoms with van der Waals surface area (Å²) in [7, 11) is -1.57. The summed E-state index contributed by atoms with van der Waals surface area (Å²) >= 11 is 0. The highest BCUT2D eigenvalue weighted by Crippen LogP contribution is 2.27. The smallest absolute Gasteiger partial charge is 0.211 e. The molecule has 0 saturated carbocycles. The van der Waals surface area contributed by atoms with E-state index in [2.05, 4.69) is 0 Å². The Morgan fingerprint density at radius 2 is 2.15 bits per heavy atom. The quantitative estimate of drug-likeness (QED) is 0.825. The lowest BCUT2D eigenvalue weighted by Crippen LogP contribution is -2.42. The lowest BCUT2D eigenvalue weighted by Gasteiger charge is -2.27. The minimum Gasteiger partial charge on any atom is -0.491 e. The highest BCUT2D eigenvalue weighted by atomic mass is 32.2. The topological polar surface area (TPSA) is 55.8 Å². The van der Waals surface area contributed by atoms with Gasteiger partial charge in [0.1, 0.15) is 18.0 Å². The molecule has 6 heteroatoms. The molecule has 0 amide bonds. The summed E-state index contributed by atoms with van der Waals surface area (Å²) in [6, 6.07) is 7.77. The van der Waals surface area contributed by atoms with Crippen LogP contribution < -0.4 is 4.74 Å². The van der Waals surface area contributed by atoms with Crippen molar-refractivity contribution in [3.05, 3.63) is 29.8 Å². The number of aryl methyl sites for hydroxylation is 1. The molecule has 0 spiro atoms. The molecule has 0 bridgehead atoms. The maximum Gasteiger partial charge on any atom is 0.211 e. The average molecular weight is 299 g/mol. The van der Waals surface area contributed by atoms with Crippen LogP contribution >= 0.6 is 0 Å². The van der Waals surface area contributed by atoms with E-state index in [0.717, 1.165) is 11.3 Å². The second kappa shape index (κ2) is 5.71. The van der Waals surface area contributed by atoms with E-state index >= 15 is 0 Å². The molecule has 1 heterocycles.